The second-order valence-corrected chi connectivity index (χ2v) is 7.22. The van der Waals surface area contributed by atoms with Crippen molar-refractivity contribution in [2.75, 3.05) is 20.8 Å². The Morgan fingerprint density at radius 1 is 1.23 bits per heavy atom. The van der Waals surface area contributed by atoms with Crippen LogP contribution in [-0.2, 0) is 6.54 Å². The summed E-state index contributed by atoms with van der Waals surface area (Å²) >= 11 is 1.63. The number of hydrogen-bond donors (Lipinski definition) is 0. The molecule has 0 bridgehead atoms. The van der Waals surface area contributed by atoms with Crippen molar-refractivity contribution in [2.24, 2.45) is 0 Å². The van der Waals surface area contributed by atoms with Crippen LogP contribution in [0.4, 0.5) is 0 Å². The van der Waals surface area contributed by atoms with Gasteiger partial charge >= 0.3 is 0 Å². The predicted octanol–water partition coefficient (Wildman–Crippen LogP) is 4.76. The minimum atomic E-state index is 0.378. The summed E-state index contributed by atoms with van der Waals surface area (Å²) in [7, 11) is 3.34. The van der Waals surface area contributed by atoms with Crippen LogP contribution in [0.3, 0.4) is 0 Å². The quantitative estimate of drug-likeness (QED) is 0.626. The number of ether oxygens (including phenoxy) is 2. The molecule has 1 saturated heterocycles. The molecule has 0 amide bonds. The SMILES string of the molecule is COc1ccc(C2CCCN2Cc2csc(-c3ccco3)n2)cc1OC. The zero-order valence-electron chi connectivity index (χ0n) is 15.0. The number of furan rings is 1. The van der Waals surface area contributed by atoms with Crippen LogP contribution in [0.1, 0.15) is 30.1 Å². The number of rotatable bonds is 6. The van der Waals surface area contributed by atoms with Crippen molar-refractivity contribution in [3.63, 3.8) is 0 Å². The Balaban J connectivity index is 1.52. The molecule has 1 aliphatic rings. The third-order valence-corrected chi connectivity index (χ3v) is 5.71. The molecule has 6 heteroatoms. The fourth-order valence-corrected chi connectivity index (χ4v) is 4.33. The van der Waals surface area contributed by atoms with Gasteiger partial charge in [-0.2, -0.15) is 0 Å². The number of likely N-dealkylation sites (tertiary alicyclic amines) is 1. The van der Waals surface area contributed by atoms with Crippen molar-refractivity contribution in [1.29, 1.82) is 0 Å². The fourth-order valence-electron chi connectivity index (χ4n) is 3.55. The van der Waals surface area contributed by atoms with Gasteiger partial charge in [0.15, 0.2) is 22.3 Å². The highest BCUT2D eigenvalue weighted by molar-refractivity contribution is 7.13. The third-order valence-electron chi connectivity index (χ3n) is 4.80. The molecule has 1 atom stereocenters. The Morgan fingerprint density at radius 2 is 2.12 bits per heavy atom. The average molecular weight is 370 g/mol. The minimum absolute atomic E-state index is 0.378. The second kappa shape index (κ2) is 7.51. The molecular weight excluding hydrogens is 348 g/mol. The van der Waals surface area contributed by atoms with E-state index in [4.69, 9.17) is 18.9 Å². The molecule has 1 aliphatic heterocycles. The zero-order chi connectivity index (χ0) is 17.9. The average Bonchev–Trinajstić information content (AvgIpc) is 3.42. The van der Waals surface area contributed by atoms with E-state index >= 15 is 0 Å². The van der Waals surface area contributed by atoms with Gasteiger partial charge in [-0.3, -0.25) is 4.90 Å². The lowest BCUT2D eigenvalue weighted by Crippen LogP contribution is -2.23. The van der Waals surface area contributed by atoms with Gasteiger partial charge in [-0.1, -0.05) is 6.07 Å². The number of nitrogens with zero attached hydrogens (tertiary/aromatic N) is 2. The van der Waals surface area contributed by atoms with E-state index in [1.165, 1.54) is 12.0 Å². The zero-order valence-corrected chi connectivity index (χ0v) is 15.8. The van der Waals surface area contributed by atoms with E-state index in [0.717, 1.165) is 47.5 Å². The van der Waals surface area contributed by atoms with Crippen LogP contribution in [0.2, 0.25) is 0 Å². The molecule has 4 rings (SSSR count). The highest BCUT2D eigenvalue weighted by atomic mass is 32.1. The largest absolute Gasteiger partial charge is 0.493 e. The van der Waals surface area contributed by atoms with E-state index in [1.54, 1.807) is 31.8 Å². The summed E-state index contributed by atoms with van der Waals surface area (Å²) in [5, 5.41) is 3.06. The van der Waals surface area contributed by atoms with Crippen molar-refractivity contribution in [3.8, 4) is 22.3 Å². The van der Waals surface area contributed by atoms with Crippen molar-refractivity contribution >= 4 is 11.3 Å². The minimum Gasteiger partial charge on any atom is -0.493 e. The van der Waals surface area contributed by atoms with Crippen LogP contribution >= 0.6 is 11.3 Å². The molecule has 3 aromatic rings. The Hall–Kier alpha value is -2.31. The Morgan fingerprint density at radius 3 is 2.88 bits per heavy atom. The van der Waals surface area contributed by atoms with Crippen LogP contribution in [0.25, 0.3) is 10.8 Å². The first-order chi connectivity index (χ1) is 12.8. The van der Waals surface area contributed by atoms with Gasteiger partial charge in [-0.05, 0) is 49.2 Å². The maximum atomic E-state index is 5.47. The van der Waals surface area contributed by atoms with Crippen LogP contribution < -0.4 is 9.47 Å². The van der Waals surface area contributed by atoms with E-state index in [2.05, 4.69) is 22.4 Å². The maximum Gasteiger partial charge on any atom is 0.162 e. The molecule has 0 N–H and O–H groups in total. The lowest BCUT2D eigenvalue weighted by molar-refractivity contribution is 0.245. The van der Waals surface area contributed by atoms with Crippen molar-refractivity contribution in [2.45, 2.75) is 25.4 Å². The van der Waals surface area contributed by atoms with Crippen LogP contribution in [0, 0.1) is 0 Å². The topological polar surface area (TPSA) is 47.7 Å². The molecule has 1 fully saturated rings. The van der Waals surface area contributed by atoms with E-state index in [0.29, 0.717) is 6.04 Å². The predicted molar refractivity (Wildman–Crippen MR) is 102 cm³/mol. The van der Waals surface area contributed by atoms with Crippen LogP contribution in [0.5, 0.6) is 11.5 Å². The number of thiazole rings is 1. The van der Waals surface area contributed by atoms with Crippen molar-refractivity contribution in [1.82, 2.24) is 9.88 Å². The fraction of sp³-hybridized carbons (Fsp3) is 0.350. The van der Waals surface area contributed by atoms with Gasteiger partial charge in [-0.25, -0.2) is 4.98 Å². The summed E-state index contributed by atoms with van der Waals surface area (Å²) in [6.45, 7) is 1.92. The number of methoxy groups -OCH3 is 2. The first-order valence-corrected chi connectivity index (χ1v) is 9.60. The molecule has 5 nitrogen and oxygen atoms in total. The van der Waals surface area contributed by atoms with Gasteiger partial charge in [0, 0.05) is 18.0 Å². The van der Waals surface area contributed by atoms with E-state index in [1.807, 2.05) is 18.2 Å². The Kier molecular flexibility index (Phi) is 4.95. The van der Waals surface area contributed by atoms with Gasteiger partial charge < -0.3 is 13.9 Å². The number of benzene rings is 1. The molecule has 26 heavy (non-hydrogen) atoms. The molecule has 3 heterocycles. The van der Waals surface area contributed by atoms with Gasteiger partial charge in [-0.15, -0.1) is 11.3 Å². The van der Waals surface area contributed by atoms with Crippen LogP contribution in [0.15, 0.2) is 46.4 Å². The lowest BCUT2D eigenvalue weighted by atomic mass is 10.0. The van der Waals surface area contributed by atoms with Gasteiger partial charge in [0.1, 0.15) is 0 Å². The molecule has 136 valence electrons. The van der Waals surface area contributed by atoms with Crippen molar-refractivity contribution < 1.29 is 13.9 Å². The van der Waals surface area contributed by atoms with E-state index in [9.17, 15) is 0 Å². The highest BCUT2D eigenvalue weighted by Crippen LogP contribution is 2.38. The normalized spacial score (nSPS) is 17.5. The summed E-state index contributed by atoms with van der Waals surface area (Å²) in [6.07, 6.45) is 4.02. The molecule has 0 saturated carbocycles. The molecule has 2 aromatic heterocycles. The summed E-state index contributed by atoms with van der Waals surface area (Å²) in [4.78, 5) is 7.23. The van der Waals surface area contributed by atoms with Gasteiger partial charge in [0.2, 0.25) is 0 Å². The molecule has 0 radical (unpaired) electrons. The third kappa shape index (κ3) is 3.34. The maximum absolute atomic E-state index is 5.47. The smallest absolute Gasteiger partial charge is 0.162 e. The summed E-state index contributed by atoms with van der Waals surface area (Å²) in [6, 6.07) is 10.4. The first kappa shape index (κ1) is 17.1. The summed E-state index contributed by atoms with van der Waals surface area (Å²) in [5.41, 5.74) is 2.36. The van der Waals surface area contributed by atoms with Crippen LogP contribution in [-0.4, -0.2) is 30.6 Å². The molecule has 1 aromatic carbocycles. The lowest BCUT2D eigenvalue weighted by Gasteiger charge is -2.24. The Labute approximate surface area is 157 Å². The van der Waals surface area contributed by atoms with E-state index in [-0.39, 0.29) is 0 Å². The highest BCUT2D eigenvalue weighted by Gasteiger charge is 2.27. The summed E-state index contributed by atoms with van der Waals surface area (Å²) < 4.78 is 16.3. The number of hydrogen-bond acceptors (Lipinski definition) is 6. The number of aromatic nitrogens is 1. The molecule has 0 aliphatic carbocycles. The van der Waals surface area contributed by atoms with E-state index < -0.39 is 0 Å². The second-order valence-electron chi connectivity index (χ2n) is 6.36. The molecule has 1 unspecified atom stereocenters. The summed E-state index contributed by atoms with van der Waals surface area (Å²) in [5.74, 6) is 2.38. The van der Waals surface area contributed by atoms with Crippen molar-refractivity contribution in [3.05, 3.63) is 53.2 Å². The van der Waals surface area contributed by atoms with Gasteiger partial charge in [0.05, 0.1) is 26.2 Å². The molecule has 0 spiro atoms. The standard InChI is InChI=1S/C20H22N2O3S/c1-23-17-8-7-14(11-19(17)24-2)16-5-3-9-22(16)12-15-13-26-20(21-15)18-6-4-10-25-18/h4,6-8,10-11,13,16H,3,5,9,12H2,1-2H3. The first-order valence-electron chi connectivity index (χ1n) is 8.72. The monoisotopic (exact) mass is 370 g/mol. The van der Waals surface area contributed by atoms with Gasteiger partial charge in [0.25, 0.3) is 0 Å². The Bertz CT molecular complexity index is 860. The molecular formula is C20H22N2O3S.